The van der Waals surface area contributed by atoms with Gasteiger partial charge in [-0.2, -0.15) is 0 Å². The minimum Gasteiger partial charge on any atom is -0.453 e. The molecule has 0 saturated heterocycles. The van der Waals surface area contributed by atoms with Crippen molar-refractivity contribution in [1.82, 2.24) is 5.32 Å². The first kappa shape index (κ1) is 11.0. The van der Waals surface area contributed by atoms with Crippen LogP contribution in [0.2, 0.25) is 0 Å². The van der Waals surface area contributed by atoms with Gasteiger partial charge in [0.05, 0.1) is 13.2 Å². The Balaban J connectivity index is 2.50. The van der Waals surface area contributed by atoms with E-state index in [9.17, 15) is 4.79 Å². The van der Waals surface area contributed by atoms with E-state index in [-0.39, 0.29) is 12.1 Å². The number of rotatable bonds is 1. The van der Waals surface area contributed by atoms with Crippen LogP contribution in [0.1, 0.15) is 25.7 Å². The largest absolute Gasteiger partial charge is 0.453 e. The second kappa shape index (κ2) is 5.65. The third-order valence-corrected chi connectivity index (χ3v) is 2.45. The molecule has 0 aromatic rings. The van der Waals surface area contributed by atoms with Gasteiger partial charge in [-0.15, -0.1) is 0 Å². The van der Waals surface area contributed by atoms with Crippen LogP contribution in [0.3, 0.4) is 0 Å². The Labute approximate surface area is 84.5 Å². The minimum absolute atomic E-state index is 0.000926. The molecule has 2 unspecified atom stereocenters. The molecule has 0 saturated carbocycles. The third kappa shape index (κ3) is 3.38. The molecular formula is C10H18N2O2. The molecule has 0 spiro atoms. The Morgan fingerprint density at radius 1 is 1.57 bits per heavy atom. The zero-order valence-corrected chi connectivity index (χ0v) is 8.53. The summed E-state index contributed by atoms with van der Waals surface area (Å²) in [5.41, 5.74) is 5.89. The van der Waals surface area contributed by atoms with Crippen molar-refractivity contribution in [1.29, 1.82) is 0 Å². The van der Waals surface area contributed by atoms with Crippen molar-refractivity contribution in [3.63, 3.8) is 0 Å². The maximum absolute atomic E-state index is 11.0. The molecule has 4 nitrogen and oxygen atoms in total. The summed E-state index contributed by atoms with van der Waals surface area (Å²) in [5.74, 6) is 0. The SMILES string of the molecule is COC(=O)NC1CCCCC=CC1N. The number of ether oxygens (including phenoxy) is 1. The van der Waals surface area contributed by atoms with Crippen molar-refractivity contribution in [2.75, 3.05) is 7.11 Å². The number of nitrogens with one attached hydrogen (secondary N) is 1. The van der Waals surface area contributed by atoms with Crippen molar-refractivity contribution in [2.24, 2.45) is 5.73 Å². The van der Waals surface area contributed by atoms with Gasteiger partial charge in [0, 0.05) is 6.04 Å². The first-order valence-corrected chi connectivity index (χ1v) is 5.01. The third-order valence-electron chi connectivity index (χ3n) is 2.45. The molecule has 14 heavy (non-hydrogen) atoms. The van der Waals surface area contributed by atoms with E-state index in [1.807, 2.05) is 6.08 Å². The van der Waals surface area contributed by atoms with Gasteiger partial charge in [-0.05, 0) is 19.3 Å². The number of alkyl carbamates (subject to hydrolysis) is 1. The lowest BCUT2D eigenvalue weighted by Crippen LogP contribution is -2.46. The molecule has 0 aromatic heterocycles. The van der Waals surface area contributed by atoms with Gasteiger partial charge < -0.3 is 15.8 Å². The predicted octanol–water partition coefficient (Wildman–Crippen LogP) is 1.17. The van der Waals surface area contributed by atoms with Crippen LogP contribution in [-0.2, 0) is 4.74 Å². The van der Waals surface area contributed by atoms with E-state index in [0.717, 1.165) is 25.7 Å². The smallest absolute Gasteiger partial charge is 0.407 e. The number of hydrogen-bond acceptors (Lipinski definition) is 3. The molecular weight excluding hydrogens is 180 g/mol. The van der Waals surface area contributed by atoms with Gasteiger partial charge in [-0.3, -0.25) is 0 Å². The molecule has 2 atom stereocenters. The van der Waals surface area contributed by atoms with Crippen molar-refractivity contribution < 1.29 is 9.53 Å². The first-order chi connectivity index (χ1) is 6.74. The Kier molecular flexibility index (Phi) is 4.46. The molecule has 0 aromatic carbocycles. The highest BCUT2D eigenvalue weighted by molar-refractivity contribution is 5.67. The van der Waals surface area contributed by atoms with Crippen molar-refractivity contribution in [3.8, 4) is 0 Å². The van der Waals surface area contributed by atoms with E-state index < -0.39 is 6.09 Å². The van der Waals surface area contributed by atoms with Gasteiger partial charge in [0.25, 0.3) is 0 Å². The Hall–Kier alpha value is -1.03. The molecule has 0 bridgehead atoms. The van der Waals surface area contributed by atoms with Crippen molar-refractivity contribution in [2.45, 2.75) is 37.8 Å². The summed E-state index contributed by atoms with van der Waals surface area (Å²) in [6, 6.07) is -0.103. The van der Waals surface area contributed by atoms with Crippen LogP contribution in [0.15, 0.2) is 12.2 Å². The van der Waals surface area contributed by atoms with E-state index in [1.165, 1.54) is 7.11 Å². The summed E-state index contributed by atoms with van der Waals surface area (Å²) < 4.78 is 4.54. The molecule has 4 heteroatoms. The zero-order chi connectivity index (χ0) is 10.4. The van der Waals surface area contributed by atoms with Crippen LogP contribution in [0, 0.1) is 0 Å². The molecule has 80 valence electrons. The van der Waals surface area contributed by atoms with Crippen LogP contribution in [0.5, 0.6) is 0 Å². The van der Waals surface area contributed by atoms with Gasteiger partial charge in [-0.25, -0.2) is 4.79 Å². The Morgan fingerprint density at radius 3 is 3.07 bits per heavy atom. The quantitative estimate of drug-likeness (QED) is 0.621. The fourth-order valence-electron chi connectivity index (χ4n) is 1.59. The van der Waals surface area contributed by atoms with E-state index in [0.29, 0.717) is 0 Å². The van der Waals surface area contributed by atoms with Crippen molar-refractivity contribution >= 4 is 6.09 Å². The fraction of sp³-hybridized carbons (Fsp3) is 0.700. The van der Waals surface area contributed by atoms with Crippen LogP contribution < -0.4 is 11.1 Å². The minimum atomic E-state index is -0.403. The molecule has 1 rings (SSSR count). The second-order valence-electron chi connectivity index (χ2n) is 3.53. The number of hydrogen-bond donors (Lipinski definition) is 2. The van der Waals surface area contributed by atoms with Crippen LogP contribution in [0.4, 0.5) is 4.79 Å². The molecule has 1 aliphatic rings. The summed E-state index contributed by atoms with van der Waals surface area (Å²) in [5, 5.41) is 2.75. The highest BCUT2D eigenvalue weighted by Gasteiger charge is 2.18. The lowest BCUT2D eigenvalue weighted by atomic mass is 9.98. The van der Waals surface area contributed by atoms with Crippen LogP contribution in [-0.4, -0.2) is 25.3 Å². The maximum Gasteiger partial charge on any atom is 0.407 e. The van der Waals surface area contributed by atoms with Crippen LogP contribution in [0.25, 0.3) is 0 Å². The average molecular weight is 198 g/mol. The Morgan fingerprint density at radius 2 is 2.36 bits per heavy atom. The lowest BCUT2D eigenvalue weighted by Gasteiger charge is -2.23. The molecule has 0 heterocycles. The number of carbonyl (C=O) groups excluding carboxylic acids is 1. The van der Waals surface area contributed by atoms with Gasteiger partial charge in [-0.1, -0.05) is 18.6 Å². The van der Waals surface area contributed by atoms with Gasteiger partial charge >= 0.3 is 6.09 Å². The van der Waals surface area contributed by atoms with Gasteiger partial charge in [0.2, 0.25) is 0 Å². The summed E-state index contributed by atoms with van der Waals surface area (Å²) in [6.45, 7) is 0. The highest BCUT2D eigenvalue weighted by atomic mass is 16.5. The summed E-state index contributed by atoms with van der Waals surface area (Å²) in [7, 11) is 1.36. The fourth-order valence-corrected chi connectivity index (χ4v) is 1.59. The molecule has 0 radical (unpaired) electrons. The number of allylic oxidation sites excluding steroid dienone is 1. The van der Waals surface area contributed by atoms with E-state index in [4.69, 9.17) is 5.73 Å². The predicted molar refractivity (Wildman–Crippen MR) is 54.9 cm³/mol. The lowest BCUT2D eigenvalue weighted by molar-refractivity contribution is 0.164. The van der Waals surface area contributed by atoms with E-state index in [2.05, 4.69) is 16.1 Å². The van der Waals surface area contributed by atoms with Gasteiger partial charge in [0.1, 0.15) is 0 Å². The maximum atomic E-state index is 11.0. The van der Waals surface area contributed by atoms with Crippen molar-refractivity contribution in [3.05, 3.63) is 12.2 Å². The summed E-state index contributed by atoms with van der Waals surface area (Å²) in [4.78, 5) is 11.0. The first-order valence-electron chi connectivity index (χ1n) is 5.01. The Bertz CT molecular complexity index is 216. The molecule has 1 amide bonds. The molecule has 3 N–H and O–H groups in total. The monoisotopic (exact) mass is 198 g/mol. The van der Waals surface area contributed by atoms with E-state index in [1.54, 1.807) is 0 Å². The van der Waals surface area contributed by atoms with Gasteiger partial charge in [0.15, 0.2) is 0 Å². The summed E-state index contributed by atoms with van der Waals surface area (Å²) >= 11 is 0. The molecule has 0 aliphatic heterocycles. The highest BCUT2D eigenvalue weighted by Crippen LogP contribution is 2.11. The van der Waals surface area contributed by atoms with E-state index >= 15 is 0 Å². The standard InChI is InChI=1S/C10H18N2O2/c1-14-10(13)12-9-7-5-3-2-4-6-8(9)11/h4,6,8-9H,2-3,5,7,11H2,1H3,(H,12,13). The number of nitrogens with two attached hydrogens (primary N) is 1. The topological polar surface area (TPSA) is 64.3 Å². The number of carbonyl (C=O) groups is 1. The summed E-state index contributed by atoms with van der Waals surface area (Å²) in [6.07, 6.45) is 7.88. The average Bonchev–Trinajstić information content (AvgIpc) is 2.17. The number of amides is 1. The molecule has 1 aliphatic carbocycles. The van der Waals surface area contributed by atoms with Crippen LogP contribution >= 0.6 is 0 Å². The second-order valence-corrected chi connectivity index (χ2v) is 3.53. The zero-order valence-electron chi connectivity index (χ0n) is 8.53. The molecule has 0 fully saturated rings. The normalized spacial score (nSPS) is 27.6. The number of methoxy groups -OCH3 is 1.